The lowest BCUT2D eigenvalue weighted by Crippen LogP contribution is -2.40. The molecule has 0 saturated carbocycles. The molecule has 5 nitrogen and oxygen atoms in total. The molecule has 0 rings (SSSR count). The van der Waals surface area contributed by atoms with Crippen molar-refractivity contribution in [3.8, 4) is 6.07 Å². The summed E-state index contributed by atoms with van der Waals surface area (Å²) in [5.41, 5.74) is -0.344. The summed E-state index contributed by atoms with van der Waals surface area (Å²) in [7, 11) is -3.34. The van der Waals surface area contributed by atoms with Gasteiger partial charge in [0.1, 0.15) is 0 Å². The third kappa shape index (κ3) is 8.13. The number of aliphatic hydroxyl groups is 1. The molecule has 0 spiro atoms. The molecule has 0 aromatic rings. The van der Waals surface area contributed by atoms with Crippen molar-refractivity contribution in [1.82, 2.24) is 4.72 Å². The second-order valence-electron chi connectivity index (χ2n) is 5.16. The lowest BCUT2D eigenvalue weighted by atomic mass is 9.89. The van der Waals surface area contributed by atoms with Crippen molar-refractivity contribution in [2.45, 2.75) is 46.1 Å². The monoisotopic (exact) mass is 262 g/mol. The van der Waals surface area contributed by atoms with E-state index in [0.717, 1.165) is 0 Å². The van der Waals surface area contributed by atoms with Crippen LogP contribution in [0.25, 0.3) is 0 Å². The highest BCUT2D eigenvalue weighted by Gasteiger charge is 2.23. The molecular weight excluding hydrogens is 240 g/mol. The Labute approximate surface area is 104 Å². The molecule has 0 aliphatic rings. The van der Waals surface area contributed by atoms with Crippen LogP contribution in [-0.2, 0) is 10.0 Å². The van der Waals surface area contributed by atoms with Crippen LogP contribution in [0.5, 0.6) is 0 Å². The average Bonchev–Trinajstić information content (AvgIpc) is 2.20. The molecule has 0 fully saturated rings. The van der Waals surface area contributed by atoms with E-state index in [1.807, 2.05) is 26.8 Å². The maximum Gasteiger partial charge on any atom is 0.211 e. The molecule has 0 heterocycles. The summed E-state index contributed by atoms with van der Waals surface area (Å²) in [6.45, 7) is 5.57. The summed E-state index contributed by atoms with van der Waals surface area (Å²) in [5.74, 6) is 0.00550. The number of nitriles is 1. The number of sulfonamides is 1. The quantitative estimate of drug-likeness (QED) is 0.670. The van der Waals surface area contributed by atoms with E-state index in [2.05, 4.69) is 4.72 Å². The second-order valence-corrected chi connectivity index (χ2v) is 7.09. The van der Waals surface area contributed by atoms with Crippen molar-refractivity contribution in [2.75, 3.05) is 12.3 Å². The normalized spacial score (nSPS) is 14.3. The fourth-order valence-corrected chi connectivity index (χ4v) is 2.22. The van der Waals surface area contributed by atoms with Crippen LogP contribution in [0.2, 0.25) is 0 Å². The topological polar surface area (TPSA) is 90.2 Å². The van der Waals surface area contributed by atoms with Crippen molar-refractivity contribution in [2.24, 2.45) is 5.41 Å². The molecule has 17 heavy (non-hydrogen) atoms. The lowest BCUT2D eigenvalue weighted by molar-refractivity contribution is 0.0677. The van der Waals surface area contributed by atoms with Crippen molar-refractivity contribution in [3.63, 3.8) is 0 Å². The molecule has 2 N–H and O–H groups in total. The first-order valence-corrected chi connectivity index (χ1v) is 7.36. The van der Waals surface area contributed by atoms with Crippen molar-refractivity contribution in [3.05, 3.63) is 0 Å². The maximum absolute atomic E-state index is 11.5. The van der Waals surface area contributed by atoms with Crippen molar-refractivity contribution < 1.29 is 13.5 Å². The SMILES string of the molecule is CC(C)(C)C(O)CNS(=O)(=O)CCCCC#N. The van der Waals surface area contributed by atoms with Gasteiger partial charge in [0.2, 0.25) is 10.0 Å². The zero-order valence-electron chi connectivity index (χ0n) is 10.7. The molecule has 0 aliphatic carbocycles. The Morgan fingerprint density at radius 2 is 1.94 bits per heavy atom. The van der Waals surface area contributed by atoms with Crippen LogP contribution in [0.15, 0.2) is 0 Å². The highest BCUT2D eigenvalue weighted by molar-refractivity contribution is 7.89. The van der Waals surface area contributed by atoms with Gasteiger partial charge in [0, 0.05) is 13.0 Å². The van der Waals surface area contributed by atoms with Gasteiger partial charge in [-0.05, 0) is 18.3 Å². The summed E-state index contributed by atoms with van der Waals surface area (Å²) in [4.78, 5) is 0. The van der Waals surface area contributed by atoms with Gasteiger partial charge in [-0.25, -0.2) is 13.1 Å². The summed E-state index contributed by atoms with van der Waals surface area (Å²) >= 11 is 0. The Kier molecular flexibility index (Phi) is 6.68. The Bertz CT molecular complexity index is 352. The lowest BCUT2D eigenvalue weighted by Gasteiger charge is -2.25. The van der Waals surface area contributed by atoms with Gasteiger partial charge in [-0.2, -0.15) is 5.26 Å². The number of hydrogen-bond acceptors (Lipinski definition) is 4. The summed E-state index contributed by atoms with van der Waals surface area (Å²) < 4.78 is 25.4. The Morgan fingerprint density at radius 1 is 1.35 bits per heavy atom. The van der Waals surface area contributed by atoms with Gasteiger partial charge in [0.25, 0.3) is 0 Å². The van der Waals surface area contributed by atoms with Crippen molar-refractivity contribution >= 4 is 10.0 Å². The molecule has 0 radical (unpaired) electrons. The van der Waals surface area contributed by atoms with E-state index in [0.29, 0.717) is 19.3 Å². The maximum atomic E-state index is 11.5. The largest absolute Gasteiger partial charge is 0.391 e. The number of unbranched alkanes of at least 4 members (excludes halogenated alkanes) is 2. The minimum absolute atomic E-state index is 0.00550. The fourth-order valence-electron chi connectivity index (χ4n) is 1.08. The van der Waals surface area contributed by atoms with Gasteiger partial charge in [0.15, 0.2) is 0 Å². The molecule has 0 aromatic carbocycles. The van der Waals surface area contributed by atoms with Gasteiger partial charge in [-0.15, -0.1) is 0 Å². The molecule has 100 valence electrons. The van der Waals surface area contributed by atoms with Crippen LogP contribution in [-0.4, -0.2) is 31.9 Å². The number of nitrogens with one attached hydrogen (secondary N) is 1. The van der Waals surface area contributed by atoms with E-state index in [-0.39, 0.29) is 17.7 Å². The first-order valence-electron chi connectivity index (χ1n) is 5.71. The molecule has 0 aromatic heterocycles. The predicted molar refractivity (Wildman–Crippen MR) is 66.7 cm³/mol. The van der Waals surface area contributed by atoms with E-state index >= 15 is 0 Å². The highest BCUT2D eigenvalue weighted by atomic mass is 32.2. The average molecular weight is 262 g/mol. The standard InChI is InChI=1S/C11H22N2O3S/c1-11(2,3)10(14)9-13-17(15,16)8-6-4-5-7-12/h10,13-14H,4-6,8-9H2,1-3H3. The zero-order chi connectivity index (χ0) is 13.5. The Hall–Kier alpha value is -0.640. The van der Waals surface area contributed by atoms with E-state index in [9.17, 15) is 13.5 Å². The number of nitrogens with zero attached hydrogens (tertiary/aromatic N) is 1. The van der Waals surface area contributed by atoms with Gasteiger partial charge in [0.05, 0.1) is 17.9 Å². The first-order chi connectivity index (χ1) is 7.69. The Morgan fingerprint density at radius 3 is 2.41 bits per heavy atom. The van der Waals surface area contributed by atoms with Crippen LogP contribution in [0.1, 0.15) is 40.0 Å². The van der Waals surface area contributed by atoms with Crippen molar-refractivity contribution in [1.29, 1.82) is 5.26 Å². The minimum atomic E-state index is -3.34. The molecule has 1 unspecified atom stereocenters. The molecule has 0 amide bonds. The number of rotatable bonds is 7. The smallest absolute Gasteiger partial charge is 0.211 e. The van der Waals surface area contributed by atoms with E-state index in [1.54, 1.807) is 0 Å². The summed E-state index contributed by atoms with van der Waals surface area (Å²) in [6.07, 6.45) is 0.713. The number of aliphatic hydroxyl groups excluding tert-OH is 1. The van der Waals surface area contributed by atoms with Gasteiger partial charge >= 0.3 is 0 Å². The van der Waals surface area contributed by atoms with E-state index < -0.39 is 16.1 Å². The van der Waals surface area contributed by atoms with Crippen LogP contribution in [0, 0.1) is 16.7 Å². The third-order valence-electron chi connectivity index (χ3n) is 2.45. The van der Waals surface area contributed by atoms with Gasteiger partial charge < -0.3 is 5.11 Å². The zero-order valence-corrected chi connectivity index (χ0v) is 11.5. The van der Waals surface area contributed by atoms with Crippen LogP contribution in [0.4, 0.5) is 0 Å². The second kappa shape index (κ2) is 6.94. The first kappa shape index (κ1) is 16.4. The van der Waals surface area contributed by atoms with E-state index in [4.69, 9.17) is 5.26 Å². The highest BCUT2D eigenvalue weighted by Crippen LogP contribution is 2.18. The minimum Gasteiger partial charge on any atom is -0.391 e. The third-order valence-corrected chi connectivity index (χ3v) is 3.88. The molecule has 1 atom stereocenters. The predicted octanol–water partition coefficient (Wildman–Crippen LogP) is 1.01. The van der Waals surface area contributed by atoms with E-state index in [1.165, 1.54) is 0 Å². The number of hydrogen-bond donors (Lipinski definition) is 2. The molecule has 0 aliphatic heterocycles. The summed E-state index contributed by atoms with van der Waals surface area (Å²) in [5, 5.41) is 18.0. The van der Waals surface area contributed by atoms with Crippen LogP contribution >= 0.6 is 0 Å². The molecule has 0 bridgehead atoms. The molecule has 6 heteroatoms. The molecule has 0 saturated heterocycles. The van der Waals surface area contributed by atoms with Crippen LogP contribution in [0.3, 0.4) is 0 Å². The fraction of sp³-hybridized carbons (Fsp3) is 0.909. The van der Waals surface area contributed by atoms with Crippen LogP contribution < -0.4 is 4.72 Å². The van der Waals surface area contributed by atoms with Gasteiger partial charge in [-0.3, -0.25) is 0 Å². The Balaban J connectivity index is 3.99. The van der Waals surface area contributed by atoms with Gasteiger partial charge in [-0.1, -0.05) is 20.8 Å². The summed E-state index contributed by atoms with van der Waals surface area (Å²) in [6, 6.07) is 1.97. The molecular formula is C11H22N2O3S.